The minimum atomic E-state index is -4.46. The number of carbonyl (C=O) groups excluding carboxylic acids is 1. The van der Waals surface area contributed by atoms with E-state index in [1.807, 2.05) is 35.2 Å². The van der Waals surface area contributed by atoms with Gasteiger partial charge in [0.2, 0.25) is 5.89 Å². The summed E-state index contributed by atoms with van der Waals surface area (Å²) in [5.41, 5.74) is 1.43. The number of amides is 1. The Bertz CT molecular complexity index is 1360. The van der Waals surface area contributed by atoms with E-state index in [0.29, 0.717) is 27.7 Å². The van der Waals surface area contributed by atoms with E-state index in [0.717, 1.165) is 17.7 Å². The van der Waals surface area contributed by atoms with Crippen LogP contribution in [0, 0.1) is 0 Å². The van der Waals surface area contributed by atoms with Gasteiger partial charge in [-0.3, -0.25) is 9.69 Å². The maximum Gasteiger partial charge on any atom is 0.416 e. The van der Waals surface area contributed by atoms with Gasteiger partial charge in [0.1, 0.15) is 6.26 Å². The molecule has 1 heterocycles. The number of hydrogen-bond acceptors (Lipinski definition) is 4. The van der Waals surface area contributed by atoms with Crippen LogP contribution in [-0.4, -0.2) is 15.8 Å². The largest absolute Gasteiger partial charge is 0.447 e. The van der Waals surface area contributed by atoms with E-state index >= 15 is 0 Å². The Kier molecular flexibility index (Phi) is 8.53. The quantitative estimate of drug-likeness (QED) is 0.242. The van der Waals surface area contributed by atoms with Gasteiger partial charge < -0.3 is 9.73 Å². The van der Waals surface area contributed by atoms with E-state index in [4.69, 9.17) is 27.6 Å². The van der Waals surface area contributed by atoms with Gasteiger partial charge in [0, 0.05) is 19.6 Å². The minimum Gasteiger partial charge on any atom is -0.447 e. The molecule has 4 aromatic rings. The van der Waals surface area contributed by atoms with E-state index in [1.165, 1.54) is 12.3 Å². The Morgan fingerprint density at radius 1 is 0.919 bits per heavy atom. The molecule has 0 unspecified atom stereocenters. The van der Waals surface area contributed by atoms with Crippen molar-refractivity contribution in [3.8, 4) is 0 Å². The number of rotatable bonds is 9. The molecule has 0 atom stereocenters. The second-order valence-electron chi connectivity index (χ2n) is 8.35. The summed E-state index contributed by atoms with van der Waals surface area (Å²) in [6.07, 6.45) is -3.20. The zero-order chi connectivity index (χ0) is 26.4. The van der Waals surface area contributed by atoms with Crippen molar-refractivity contribution in [3.05, 3.63) is 123 Å². The zero-order valence-corrected chi connectivity index (χ0v) is 20.9. The van der Waals surface area contributed by atoms with Crippen molar-refractivity contribution in [2.24, 2.45) is 0 Å². The van der Waals surface area contributed by atoms with Crippen molar-refractivity contribution in [1.29, 1.82) is 0 Å². The number of nitrogens with one attached hydrogen (secondary N) is 1. The lowest BCUT2D eigenvalue weighted by atomic mass is 10.1. The second kappa shape index (κ2) is 11.8. The third-order valence-corrected chi connectivity index (χ3v) is 6.38. The zero-order valence-electron chi connectivity index (χ0n) is 19.4. The monoisotopic (exact) mass is 547 g/mol. The van der Waals surface area contributed by atoms with E-state index < -0.39 is 17.6 Å². The van der Waals surface area contributed by atoms with Crippen LogP contribution in [0.3, 0.4) is 0 Å². The van der Waals surface area contributed by atoms with E-state index in [-0.39, 0.29) is 31.2 Å². The highest BCUT2D eigenvalue weighted by Crippen LogP contribution is 2.31. The topological polar surface area (TPSA) is 58.4 Å². The number of oxazole rings is 1. The molecule has 0 aliphatic heterocycles. The van der Waals surface area contributed by atoms with Gasteiger partial charge in [-0.2, -0.15) is 13.2 Å². The van der Waals surface area contributed by atoms with Crippen LogP contribution in [0.25, 0.3) is 0 Å². The maximum atomic E-state index is 13.2. The van der Waals surface area contributed by atoms with Gasteiger partial charge in [-0.1, -0.05) is 83.9 Å². The van der Waals surface area contributed by atoms with E-state index in [9.17, 15) is 18.0 Å². The maximum absolute atomic E-state index is 13.2. The molecule has 0 spiro atoms. The molecular formula is C27H22Cl2F3N3O2. The summed E-state index contributed by atoms with van der Waals surface area (Å²) in [5, 5.41) is 3.50. The van der Waals surface area contributed by atoms with Gasteiger partial charge in [0.05, 0.1) is 22.2 Å². The molecule has 5 nitrogen and oxygen atoms in total. The molecule has 0 aliphatic carbocycles. The molecule has 0 bridgehead atoms. The predicted molar refractivity (Wildman–Crippen MR) is 135 cm³/mol. The Hall–Kier alpha value is -3.33. The molecule has 1 N–H and O–H groups in total. The van der Waals surface area contributed by atoms with Crippen LogP contribution in [0.1, 0.15) is 38.6 Å². The molecule has 37 heavy (non-hydrogen) atoms. The number of benzene rings is 3. The second-order valence-corrected chi connectivity index (χ2v) is 9.14. The molecule has 0 radical (unpaired) electrons. The van der Waals surface area contributed by atoms with Crippen LogP contribution in [0.2, 0.25) is 10.0 Å². The third kappa shape index (κ3) is 7.35. The average molecular weight is 548 g/mol. The molecular weight excluding hydrogens is 526 g/mol. The number of alkyl halides is 3. The number of halogens is 5. The van der Waals surface area contributed by atoms with E-state index in [1.54, 1.807) is 24.3 Å². The van der Waals surface area contributed by atoms with Crippen molar-refractivity contribution in [1.82, 2.24) is 15.2 Å². The molecule has 1 aromatic heterocycles. The molecule has 0 saturated carbocycles. The molecule has 0 aliphatic rings. The summed E-state index contributed by atoms with van der Waals surface area (Å²) in [5.74, 6) is -0.170. The SMILES string of the molecule is O=C(NCc1ccccc1)c1coc(CN(Cc2cccc(C(F)(F)F)c2)Cc2cccc(Cl)c2Cl)n1. The Morgan fingerprint density at radius 3 is 2.41 bits per heavy atom. The fourth-order valence-corrected chi connectivity index (χ4v) is 4.11. The van der Waals surface area contributed by atoms with Gasteiger partial charge in [0.25, 0.3) is 5.91 Å². The first-order chi connectivity index (χ1) is 17.7. The highest BCUT2D eigenvalue weighted by Gasteiger charge is 2.30. The van der Waals surface area contributed by atoms with Crippen molar-refractivity contribution >= 4 is 29.1 Å². The lowest BCUT2D eigenvalue weighted by Crippen LogP contribution is -2.24. The number of aromatic nitrogens is 1. The fraction of sp³-hybridized carbons (Fsp3) is 0.185. The summed E-state index contributed by atoms with van der Waals surface area (Å²) in [4.78, 5) is 18.6. The smallest absolute Gasteiger partial charge is 0.416 e. The van der Waals surface area contributed by atoms with Crippen molar-refractivity contribution in [2.45, 2.75) is 32.4 Å². The minimum absolute atomic E-state index is 0.103. The normalized spacial score (nSPS) is 11.6. The first-order valence-corrected chi connectivity index (χ1v) is 12.0. The van der Waals surface area contributed by atoms with Crippen LogP contribution >= 0.6 is 23.2 Å². The number of carbonyl (C=O) groups is 1. The summed E-state index contributed by atoms with van der Waals surface area (Å²) in [6, 6.07) is 19.7. The van der Waals surface area contributed by atoms with Gasteiger partial charge in [-0.25, -0.2) is 4.98 Å². The lowest BCUT2D eigenvalue weighted by molar-refractivity contribution is -0.137. The molecule has 3 aromatic carbocycles. The summed E-state index contributed by atoms with van der Waals surface area (Å²) in [7, 11) is 0. The van der Waals surface area contributed by atoms with Crippen LogP contribution in [0.5, 0.6) is 0 Å². The van der Waals surface area contributed by atoms with Gasteiger partial charge in [-0.15, -0.1) is 0 Å². The van der Waals surface area contributed by atoms with Crippen LogP contribution in [0.4, 0.5) is 13.2 Å². The Balaban J connectivity index is 1.51. The molecule has 4 rings (SSSR count). The third-order valence-electron chi connectivity index (χ3n) is 5.53. The highest BCUT2D eigenvalue weighted by atomic mass is 35.5. The molecule has 1 amide bonds. The molecule has 192 valence electrons. The van der Waals surface area contributed by atoms with Gasteiger partial charge in [0.15, 0.2) is 5.69 Å². The van der Waals surface area contributed by atoms with Crippen molar-refractivity contribution < 1.29 is 22.4 Å². The fourth-order valence-electron chi connectivity index (χ4n) is 3.73. The average Bonchev–Trinajstić information content (AvgIpc) is 3.34. The van der Waals surface area contributed by atoms with Gasteiger partial charge in [-0.05, 0) is 28.8 Å². The summed E-state index contributed by atoms with van der Waals surface area (Å²) in [6.45, 7) is 0.847. The van der Waals surface area contributed by atoms with Crippen LogP contribution in [0.15, 0.2) is 83.5 Å². The summed E-state index contributed by atoms with van der Waals surface area (Å²) < 4.78 is 45.2. The first kappa shape index (κ1) is 26.7. The molecule has 0 saturated heterocycles. The van der Waals surface area contributed by atoms with Crippen molar-refractivity contribution in [3.63, 3.8) is 0 Å². The van der Waals surface area contributed by atoms with Crippen LogP contribution < -0.4 is 5.32 Å². The molecule has 0 fully saturated rings. The van der Waals surface area contributed by atoms with E-state index in [2.05, 4.69) is 10.3 Å². The van der Waals surface area contributed by atoms with Crippen molar-refractivity contribution in [2.75, 3.05) is 0 Å². The predicted octanol–water partition coefficient (Wildman–Crippen LogP) is 7.13. The Morgan fingerprint density at radius 2 is 1.65 bits per heavy atom. The molecule has 10 heteroatoms. The van der Waals surface area contributed by atoms with Crippen LogP contribution in [-0.2, 0) is 32.4 Å². The standard InChI is InChI=1S/C27H22Cl2F3N3O2/c28-22-11-5-9-20(25(22)29)15-35(14-19-8-4-10-21(12-19)27(30,31)32)16-24-34-23(17-37-24)26(36)33-13-18-6-2-1-3-7-18/h1-12,17H,13-16H2,(H,33,36). The highest BCUT2D eigenvalue weighted by molar-refractivity contribution is 6.42. The number of nitrogens with zero attached hydrogens (tertiary/aromatic N) is 2. The first-order valence-electron chi connectivity index (χ1n) is 11.3. The lowest BCUT2D eigenvalue weighted by Gasteiger charge is -2.22. The number of hydrogen-bond donors (Lipinski definition) is 1. The van der Waals surface area contributed by atoms with Gasteiger partial charge >= 0.3 is 6.18 Å². The summed E-state index contributed by atoms with van der Waals surface area (Å²) >= 11 is 12.5. The Labute approximate surface area is 221 Å².